The Morgan fingerprint density at radius 3 is 2.60 bits per heavy atom. The highest BCUT2D eigenvalue weighted by Crippen LogP contribution is 2.33. The summed E-state index contributed by atoms with van der Waals surface area (Å²) in [5.41, 5.74) is 6.06. The standard InChI is InChI=1S/C14H22N2O3S/c1-3-19-13-6-5-12(9-11(13)10-15)20(17,18)16-14(2)7-4-8-14/h5-6,9,16H,3-4,7-8,10,15H2,1-2H3. The molecule has 1 aliphatic rings. The normalized spacial score (nSPS) is 17.6. The second-order valence-electron chi connectivity index (χ2n) is 5.43. The van der Waals surface area contributed by atoms with E-state index in [4.69, 9.17) is 10.5 Å². The average molecular weight is 298 g/mol. The number of rotatable bonds is 6. The Kier molecular flexibility index (Phi) is 4.36. The van der Waals surface area contributed by atoms with Gasteiger partial charge in [0.1, 0.15) is 5.75 Å². The Bertz CT molecular complexity index is 580. The smallest absolute Gasteiger partial charge is 0.241 e. The highest BCUT2D eigenvalue weighted by Gasteiger charge is 2.36. The second kappa shape index (κ2) is 5.71. The van der Waals surface area contributed by atoms with Gasteiger partial charge in [-0.1, -0.05) is 0 Å². The molecule has 0 amide bonds. The number of hydrogen-bond donors (Lipinski definition) is 2. The number of hydrogen-bond acceptors (Lipinski definition) is 4. The van der Waals surface area contributed by atoms with Crippen molar-refractivity contribution in [3.63, 3.8) is 0 Å². The van der Waals surface area contributed by atoms with E-state index < -0.39 is 10.0 Å². The SMILES string of the molecule is CCOc1ccc(S(=O)(=O)NC2(C)CCC2)cc1CN. The third kappa shape index (κ3) is 3.13. The zero-order chi connectivity index (χ0) is 14.8. The molecular formula is C14H22N2O3S. The monoisotopic (exact) mass is 298 g/mol. The van der Waals surface area contributed by atoms with Gasteiger partial charge in [0.15, 0.2) is 0 Å². The molecule has 0 aromatic heterocycles. The molecule has 2 rings (SSSR count). The largest absolute Gasteiger partial charge is 0.494 e. The lowest BCUT2D eigenvalue weighted by Crippen LogP contribution is -2.50. The first-order valence-electron chi connectivity index (χ1n) is 6.90. The van der Waals surface area contributed by atoms with Crippen molar-refractivity contribution in [3.8, 4) is 5.75 Å². The Labute approximate surface area is 120 Å². The first-order valence-corrected chi connectivity index (χ1v) is 8.38. The molecule has 0 saturated heterocycles. The van der Waals surface area contributed by atoms with Crippen LogP contribution < -0.4 is 15.2 Å². The molecule has 1 fully saturated rings. The summed E-state index contributed by atoms with van der Waals surface area (Å²) in [5, 5.41) is 0. The van der Waals surface area contributed by atoms with Gasteiger partial charge < -0.3 is 10.5 Å². The van der Waals surface area contributed by atoms with Gasteiger partial charge >= 0.3 is 0 Å². The summed E-state index contributed by atoms with van der Waals surface area (Å²) in [7, 11) is -3.50. The van der Waals surface area contributed by atoms with Crippen molar-refractivity contribution in [2.75, 3.05) is 6.61 Å². The molecule has 0 radical (unpaired) electrons. The molecule has 112 valence electrons. The summed E-state index contributed by atoms with van der Waals surface area (Å²) in [5.74, 6) is 0.642. The fourth-order valence-electron chi connectivity index (χ4n) is 2.37. The molecule has 1 aliphatic carbocycles. The van der Waals surface area contributed by atoms with Gasteiger partial charge in [-0.15, -0.1) is 0 Å². The van der Waals surface area contributed by atoms with E-state index in [9.17, 15) is 8.42 Å². The Morgan fingerprint density at radius 1 is 1.40 bits per heavy atom. The molecule has 0 heterocycles. The van der Waals surface area contributed by atoms with E-state index >= 15 is 0 Å². The summed E-state index contributed by atoms with van der Waals surface area (Å²) in [6.45, 7) is 4.59. The fourth-order valence-corrected chi connectivity index (χ4v) is 3.89. The van der Waals surface area contributed by atoms with Crippen LogP contribution in [-0.2, 0) is 16.6 Å². The number of nitrogens with two attached hydrogens (primary N) is 1. The molecule has 0 aliphatic heterocycles. The summed E-state index contributed by atoms with van der Waals surface area (Å²) < 4.78 is 33.0. The highest BCUT2D eigenvalue weighted by atomic mass is 32.2. The average Bonchev–Trinajstić information content (AvgIpc) is 2.37. The molecular weight excluding hydrogens is 276 g/mol. The van der Waals surface area contributed by atoms with E-state index in [1.807, 2.05) is 13.8 Å². The molecule has 0 unspecified atom stereocenters. The van der Waals surface area contributed by atoms with Crippen LogP contribution in [-0.4, -0.2) is 20.6 Å². The van der Waals surface area contributed by atoms with Crippen molar-refractivity contribution in [2.45, 2.75) is 50.1 Å². The molecule has 20 heavy (non-hydrogen) atoms. The van der Waals surface area contributed by atoms with Crippen molar-refractivity contribution in [1.82, 2.24) is 4.72 Å². The maximum atomic E-state index is 12.4. The number of nitrogens with one attached hydrogen (secondary N) is 1. The Hall–Kier alpha value is -1.11. The second-order valence-corrected chi connectivity index (χ2v) is 7.11. The van der Waals surface area contributed by atoms with Gasteiger partial charge in [0.2, 0.25) is 10.0 Å². The number of ether oxygens (including phenoxy) is 1. The minimum Gasteiger partial charge on any atom is -0.494 e. The van der Waals surface area contributed by atoms with E-state index in [2.05, 4.69) is 4.72 Å². The summed E-state index contributed by atoms with van der Waals surface area (Å²) >= 11 is 0. The van der Waals surface area contributed by atoms with Gasteiger partial charge in [-0.3, -0.25) is 0 Å². The van der Waals surface area contributed by atoms with Crippen molar-refractivity contribution in [2.24, 2.45) is 5.73 Å². The van der Waals surface area contributed by atoms with Gasteiger partial charge in [-0.25, -0.2) is 13.1 Å². The van der Waals surface area contributed by atoms with Gasteiger partial charge in [0.05, 0.1) is 11.5 Å². The van der Waals surface area contributed by atoms with E-state index in [1.165, 1.54) is 0 Å². The first kappa shape index (κ1) is 15.3. The fraction of sp³-hybridized carbons (Fsp3) is 0.571. The van der Waals surface area contributed by atoms with Gasteiger partial charge in [0.25, 0.3) is 0 Å². The third-order valence-corrected chi connectivity index (χ3v) is 5.34. The zero-order valence-corrected chi connectivity index (χ0v) is 12.8. The van der Waals surface area contributed by atoms with Crippen LogP contribution in [0.1, 0.15) is 38.7 Å². The van der Waals surface area contributed by atoms with Crippen LogP contribution in [0.5, 0.6) is 5.75 Å². The molecule has 1 aromatic rings. The molecule has 3 N–H and O–H groups in total. The minimum absolute atomic E-state index is 0.245. The van der Waals surface area contributed by atoms with E-state index in [1.54, 1.807) is 18.2 Å². The highest BCUT2D eigenvalue weighted by molar-refractivity contribution is 7.89. The Morgan fingerprint density at radius 2 is 2.10 bits per heavy atom. The predicted molar refractivity (Wildman–Crippen MR) is 78.1 cm³/mol. The Balaban J connectivity index is 2.27. The number of benzene rings is 1. The van der Waals surface area contributed by atoms with Crippen LogP contribution in [0.4, 0.5) is 0 Å². The lowest BCUT2D eigenvalue weighted by atomic mass is 9.80. The van der Waals surface area contributed by atoms with Crippen molar-refractivity contribution in [1.29, 1.82) is 0 Å². The maximum Gasteiger partial charge on any atom is 0.241 e. The van der Waals surface area contributed by atoms with Crippen LogP contribution in [0.25, 0.3) is 0 Å². The molecule has 0 atom stereocenters. The van der Waals surface area contributed by atoms with Crippen molar-refractivity contribution in [3.05, 3.63) is 23.8 Å². The first-order chi connectivity index (χ1) is 9.40. The van der Waals surface area contributed by atoms with Crippen LogP contribution in [0.2, 0.25) is 0 Å². The third-order valence-electron chi connectivity index (χ3n) is 3.70. The minimum atomic E-state index is -3.50. The van der Waals surface area contributed by atoms with Crippen molar-refractivity contribution >= 4 is 10.0 Å². The lowest BCUT2D eigenvalue weighted by molar-refractivity contribution is 0.248. The molecule has 6 heteroatoms. The number of sulfonamides is 1. The lowest BCUT2D eigenvalue weighted by Gasteiger charge is -2.38. The summed E-state index contributed by atoms with van der Waals surface area (Å²) in [6.07, 6.45) is 2.83. The maximum absolute atomic E-state index is 12.4. The van der Waals surface area contributed by atoms with Crippen LogP contribution >= 0.6 is 0 Å². The quantitative estimate of drug-likeness (QED) is 0.838. The van der Waals surface area contributed by atoms with Crippen LogP contribution in [0.15, 0.2) is 23.1 Å². The summed E-state index contributed by atoms with van der Waals surface area (Å²) in [6, 6.07) is 4.83. The predicted octanol–water partition coefficient (Wildman–Crippen LogP) is 1.76. The van der Waals surface area contributed by atoms with Gasteiger partial charge in [-0.2, -0.15) is 0 Å². The molecule has 5 nitrogen and oxygen atoms in total. The van der Waals surface area contributed by atoms with E-state index in [-0.39, 0.29) is 17.0 Å². The van der Waals surface area contributed by atoms with E-state index in [0.717, 1.165) is 19.3 Å². The molecule has 0 spiro atoms. The topological polar surface area (TPSA) is 81.4 Å². The van der Waals surface area contributed by atoms with Gasteiger partial charge in [-0.05, 0) is 51.3 Å². The molecule has 1 saturated carbocycles. The molecule has 0 bridgehead atoms. The zero-order valence-electron chi connectivity index (χ0n) is 12.0. The van der Waals surface area contributed by atoms with Gasteiger partial charge in [0, 0.05) is 17.6 Å². The van der Waals surface area contributed by atoms with Crippen LogP contribution in [0, 0.1) is 0 Å². The van der Waals surface area contributed by atoms with Crippen LogP contribution in [0.3, 0.4) is 0 Å². The summed E-state index contributed by atoms with van der Waals surface area (Å²) in [4.78, 5) is 0.245. The van der Waals surface area contributed by atoms with Crippen molar-refractivity contribution < 1.29 is 13.2 Å². The van der Waals surface area contributed by atoms with E-state index in [0.29, 0.717) is 17.9 Å². The molecule has 1 aromatic carbocycles.